The van der Waals surface area contributed by atoms with Crippen LogP contribution in [0.1, 0.15) is 22.8 Å². The number of para-hydroxylation sites is 1. The number of rotatable bonds is 7. The molecule has 1 atom stereocenters. The molecule has 0 bridgehead atoms. The zero-order valence-electron chi connectivity index (χ0n) is 20.1. The fourth-order valence-corrected chi connectivity index (χ4v) is 4.52. The number of H-pyrrole nitrogens is 1. The van der Waals surface area contributed by atoms with Crippen molar-refractivity contribution in [2.75, 3.05) is 31.5 Å². The van der Waals surface area contributed by atoms with Crippen LogP contribution < -0.4 is 20.1 Å². The fraction of sp³-hybridized carbons (Fsp3) is 0.192. The summed E-state index contributed by atoms with van der Waals surface area (Å²) in [5.41, 5.74) is 0.923. The molecular formula is C26H22ClFN4O5. The molecule has 190 valence electrons. The van der Waals surface area contributed by atoms with Crippen LogP contribution in [0.5, 0.6) is 17.2 Å². The van der Waals surface area contributed by atoms with E-state index in [1.165, 1.54) is 44.7 Å². The molecule has 0 radical (unpaired) electrons. The molecule has 2 aromatic carbocycles. The fourth-order valence-electron chi connectivity index (χ4n) is 4.27. The first-order valence-electron chi connectivity index (χ1n) is 11.2. The molecule has 0 aliphatic carbocycles. The van der Waals surface area contributed by atoms with Crippen molar-refractivity contribution in [2.45, 2.75) is 12.5 Å². The summed E-state index contributed by atoms with van der Waals surface area (Å²) in [4.78, 5) is 33.6. The molecule has 4 aromatic rings. The highest BCUT2D eigenvalue weighted by Gasteiger charge is 2.39. The van der Waals surface area contributed by atoms with Crippen molar-refractivity contribution in [3.05, 3.63) is 70.8 Å². The lowest BCUT2D eigenvalue weighted by Gasteiger charge is -2.35. The maximum Gasteiger partial charge on any atom is 0.252 e. The molecule has 0 spiro atoms. The van der Waals surface area contributed by atoms with Gasteiger partial charge in [0.1, 0.15) is 16.9 Å². The van der Waals surface area contributed by atoms with E-state index in [2.05, 4.69) is 20.6 Å². The van der Waals surface area contributed by atoms with Crippen molar-refractivity contribution in [1.82, 2.24) is 9.97 Å². The Hall–Kier alpha value is -4.15. The van der Waals surface area contributed by atoms with Crippen LogP contribution in [0, 0.1) is 5.82 Å². The van der Waals surface area contributed by atoms with Gasteiger partial charge in [-0.1, -0.05) is 17.7 Å². The third-order valence-electron chi connectivity index (χ3n) is 6.08. The minimum atomic E-state index is -1.05. The number of benzene rings is 2. The average molecular weight is 525 g/mol. The van der Waals surface area contributed by atoms with Crippen LogP contribution in [0.4, 0.5) is 15.8 Å². The van der Waals surface area contributed by atoms with Gasteiger partial charge in [0.2, 0.25) is 0 Å². The average Bonchev–Trinajstić information content (AvgIpc) is 3.30. The molecule has 3 heterocycles. The number of aromatic nitrogens is 2. The van der Waals surface area contributed by atoms with Gasteiger partial charge >= 0.3 is 0 Å². The summed E-state index contributed by atoms with van der Waals surface area (Å²) < 4.78 is 30.1. The van der Waals surface area contributed by atoms with Crippen molar-refractivity contribution in [3.63, 3.8) is 0 Å². The van der Waals surface area contributed by atoms with E-state index in [0.717, 1.165) is 0 Å². The van der Waals surface area contributed by atoms with Crippen molar-refractivity contribution in [3.8, 4) is 17.2 Å². The van der Waals surface area contributed by atoms with Gasteiger partial charge in [0.25, 0.3) is 5.91 Å². The predicted molar refractivity (Wildman–Crippen MR) is 137 cm³/mol. The van der Waals surface area contributed by atoms with E-state index < -0.39 is 11.4 Å². The third kappa shape index (κ3) is 4.24. The summed E-state index contributed by atoms with van der Waals surface area (Å²) in [6.45, 7) is 1.82. The van der Waals surface area contributed by atoms with Crippen LogP contribution in [0.25, 0.3) is 11.0 Å². The molecule has 5 rings (SSSR count). The Labute approximate surface area is 215 Å². The summed E-state index contributed by atoms with van der Waals surface area (Å²) in [5, 5.41) is 6.69. The number of carbonyl (C=O) groups is 2. The van der Waals surface area contributed by atoms with E-state index in [-0.39, 0.29) is 40.4 Å². The molecule has 3 N–H and O–H groups in total. The Kier molecular flexibility index (Phi) is 6.22. The molecule has 1 amide bonds. The highest BCUT2D eigenvalue weighted by atomic mass is 35.5. The number of carbonyl (C=O) groups excluding carboxylic acids is 2. The number of hydrogen-bond donors (Lipinski definition) is 3. The Morgan fingerprint density at radius 1 is 1.19 bits per heavy atom. The molecule has 9 nitrogen and oxygen atoms in total. The molecule has 1 aliphatic rings. The van der Waals surface area contributed by atoms with Gasteiger partial charge in [-0.25, -0.2) is 9.37 Å². The maximum absolute atomic E-state index is 14.0. The lowest BCUT2D eigenvalue weighted by molar-refractivity contribution is -0.121. The van der Waals surface area contributed by atoms with Crippen molar-refractivity contribution < 1.29 is 28.2 Å². The van der Waals surface area contributed by atoms with Gasteiger partial charge in [-0.05, 0) is 31.2 Å². The lowest BCUT2D eigenvalue weighted by Crippen LogP contribution is -2.53. The van der Waals surface area contributed by atoms with Gasteiger partial charge in [-0.15, -0.1) is 0 Å². The van der Waals surface area contributed by atoms with Crippen LogP contribution >= 0.6 is 11.6 Å². The van der Waals surface area contributed by atoms with Gasteiger partial charge in [0.15, 0.2) is 23.1 Å². The molecule has 37 heavy (non-hydrogen) atoms. The summed E-state index contributed by atoms with van der Waals surface area (Å²) in [7, 11) is 2.84. The second kappa shape index (κ2) is 9.38. The number of fused-ring (bicyclic) bond motifs is 3. The van der Waals surface area contributed by atoms with Crippen molar-refractivity contribution >= 4 is 45.7 Å². The number of ether oxygens (including phenoxy) is 3. The predicted octanol–water partition coefficient (Wildman–Crippen LogP) is 5.16. The van der Waals surface area contributed by atoms with Gasteiger partial charge in [0, 0.05) is 24.9 Å². The SMILES string of the molecule is COC[C@]1(C)Nc2c(cnc3[nH]cc(C(=O)c4ccc(Oc5cccc(F)c5OC)cc4Cl)c23)NC1=O. The molecule has 1 aliphatic heterocycles. The van der Waals surface area contributed by atoms with Gasteiger partial charge in [-0.3, -0.25) is 9.59 Å². The molecule has 2 aromatic heterocycles. The number of pyridine rings is 1. The zero-order chi connectivity index (χ0) is 26.3. The van der Waals surface area contributed by atoms with E-state index in [1.807, 2.05) is 0 Å². The topological polar surface area (TPSA) is 115 Å². The van der Waals surface area contributed by atoms with Crippen LogP contribution in [-0.4, -0.2) is 48.0 Å². The summed E-state index contributed by atoms with van der Waals surface area (Å²) in [6, 6.07) is 8.85. The van der Waals surface area contributed by atoms with E-state index >= 15 is 0 Å². The van der Waals surface area contributed by atoms with E-state index in [4.69, 9.17) is 25.8 Å². The Morgan fingerprint density at radius 2 is 2.00 bits per heavy atom. The second-order valence-corrected chi connectivity index (χ2v) is 9.07. The van der Waals surface area contributed by atoms with Crippen molar-refractivity contribution in [1.29, 1.82) is 0 Å². The first kappa shape index (κ1) is 24.5. The number of methoxy groups -OCH3 is 2. The summed E-state index contributed by atoms with van der Waals surface area (Å²) >= 11 is 6.49. The van der Waals surface area contributed by atoms with Gasteiger partial charge < -0.3 is 29.8 Å². The minimum Gasteiger partial charge on any atom is -0.490 e. The number of nitrogens with zero attached hydrogens (tertiary/aromatic N) is 1. The molecule has 0 fully saturated rings. The summed E-state index contributed by atoms with van der Waals surface area (Å²) in [6.07, 6.45) is 3.06. The smallest absolute Gasteiger partial charge is 0.252 e. The van der Waals surface area contributed by atoms with Gasteiger partial charge in [0.05, 0.1) is 47.3 Å². The molecule has 0 saturated carbocycles. The molecule has 0 saturated heterocycles. The quantitative estimate of drug-likeness (QED) is 0.286. The standard InChI is InChI=1S/C26H22ClFN4O5/c1-26(12-35-2)25(34)31-18-11-30-24-20(21(18)32-26)15(10-29-24)22(33)14-8-7-13(9-16(14)27)37-19-6-4-5-17(28)23(19)36-3/h4-11,32H,12H2,1-3H3,(H,29,30)(H,31,34)/t26-/m0/s1. The number of aromatic amines is 1. The maximum atomic E-state index is 14.0. The minimum absolute atomic E-state index is 0.0464. The number of amides is 1. The lowest BCUT2D eigenvalue weighted by atomic mass is 9.96. The van der Waals surface area contributed by atoms with E-state index in [1.54, 1.807) is 25.3 Å². The largest absolute Gasteiger partial charge is 0.490 e. The highest BCUT2D eigenvalue weighted by Crippen LogP contribution is 2.40. The number of nitrogens with one attached hydrogen (secondary N) is 3. The van der Waals surface area contributed by atoms with Crippen LogP contribution in [0.3, 0.4) is 0 Å². The number of anilines is 2. The molecular weight excluding hydrogens is 503 g/mol. The normalized spacial score (nSPS) is 16.6. The Bertz CT molecular complexity index is 1560. The highest BCUT2D eigenvalue weighted by molar-refractivity contribution is 6.36. The monoisotopic (exact) mass is 524 g/mol. The van der Waals surface area contributed by atoms with Crippen LogP contribution in [0.2, 0.25) is 5.02 Å². The Balaban J connectivity index is 1.51. The van der Waals surface area contributed by atoms with Crippen LogP contribution in [-0.2, 0) is 9.53 Å². The molecule has 0 unspecified atom stereocenters. The van der Waals surface area contributed by atoms with E-state index in [9.17, 15) is 14.0 Å². The zero-order valence-corrected chi connectivity index (χ0v) is 20.8. The first-order valence-corrected chi connectivity index (χ1v) is 11.6. The van der Waals surface area contributed by atoms with Crippen molar-refractivity contribution in [2.24, 2.45) is 0 Å². The number of hydrogen-bond acceptors (Lipinski definition) is 7. The first-order chi connectivity index (χ1) is 17.8. The molecule has 11 heteroatoms. The Morgan fingerprint density at radius 3 is 2.73 bits per heavy atom. The second-order valence-electron chi connectivity index (χ2n) is 8.66. The number of ketones is 1. The third-order valence-corrected chi connectivity index (χ3v) is 6.39. The summed E-state index contributed by atoms with van der Waals surface area (Å²) in [5.74, 6) is -0.800. The number of halogens is 2. The van der Waals surface area contributed by atoms with Gasteiger partial charge in [-0.2, -0.15) is 0 Å². The van der Waals surface area contributed by atoms with Crippen LogP contribution in [0.15, 0.2) is 48.8 Å². The van der Waals surface area contributed by atoms with E-state index in [0.29, 0.717) is 33.7 Å².